The molecule has 0 aliphatic carbocycles. The van der Waals surface area contributed by atoms with E-state index >= 15 is 0 Å². The molecule has 0 atom stereocenters. The topological polar surface area (TPSA) is 83.9 Å². The highest BCUT2D eigenvalue weighted by atomic mass is 32.2. The summed E-state index contributed by atoms with van der Waals surface area (Å²) in [6.07, 6.45) is 2.12. The summed E-state index contributed by atoms with van der Waals surface area (Å²) in [6.45, 7) is 2.09. The molecule has 31 heavy (non-hydrogen) atoms. The molecular weight excluding hydrogens is 414 g/mol. The highest BCUT2D eigenvalue weighted by molar-refractivity contribution is 7.92. The minimum atomic E-state index is -3.56. The number of rotatable bonds is 10. The SMILES string of the molecule is CCN(CCc1cccc2c(OCC(=O)O)cccc12)S(=O)(=O)C=Cc1ccccc1. The van der Waals surface area contributed by atoms with Crippen molar-refractivity contribution < 1.29 is 23.1 Å². The number of ether oxygens (including phenoxy) is 1. The Balaban J connectivity index is 1.78. The maximum atomic E-state index is 12.8. The van der Waals surface area contributed by atoms with Crippen LogP contribution < -0.4 is 4.74 Å². The molecule has 6 nitrogen and oxygen atoms in total. The molecule has 3 aromatic carbocycles. The first kappa shape index (κ1) is 22.5. The van der Waals surface area contributed by atoms with Gasteiger partial charge in [0.1, 0.15) is 5.75 Å². The van der Waals surface area contributed by atoms with Crippen molar-refractivity contribution in [2.75, 3.05) is 19.7 Å². The highest BCUT2D eigenvalue weighted by Crippen LogP contribution is 2.28. The first-order valence-corrected chi connectivity index (χ1v) is 11.5. The van der Waals surface area contributed by atoms with Gasteiger partial charge < -0.3 is 9.84 Å². The molecule has 0 radical (unpaired) electrons. The second-order valence-corrected chi connectivity index (χ2v) is 8.77. The average Bonchev–Trinajstić information content (AvgIpc) is 2.77. The third-order valence-electron chi connectivity index (χ3n) is 4.90. The lowest BCUT2D eigenvalue weighted by molar-refractivity contribution is -0.139. The number of carboxylic acid groups (broad SMARTS) is 1. The molecule has 0 saturated carbocycles. The lowest BCUT2D eigenvalue weighted by Crippen LogP contribution is -2.31. The van der Waals surface area contributed by atoms with E-state index < -0.39 is 22.6 Å². The van der Waals surface area contributed by atoms with Crippen molar-refractivity contribution in [2.45, 2.75) is 13.3 Å². The van der Waals surface area contributed by atoms with Crippen molar-refractivity contribution in [3.63, 3.8) is 0 Å². The largest absolute Gasteiger partial charge is 0.481 e. The Kier molecular flexibility index (Phi) is 7.44. The van der Waals surface area contributed by atoms with Gasteiger partial charge in [-0.15, -0.1) is 0 Å². The van der Waals surface area contributed by atoms with Crippen LogP contribution in [0.4, 0.5) is 0 Å². The summed E-state index contributed by atoms with van der Waals surface area (Å²) in [5.41, 5.74) is 1.80. The van der Waals surface area contributed by atoms with Gasteiger partial charge in [0.2, 0.25) is 10.0 Å². The number of carbonyl (C=O) groups is 1. The summed E-state index contributed by atoms with van der Waals surface area (Å²) in [6, 6.07) is 20.4. The Hall–Kier alpha value is -3.16. The molecule has 0 aliphatic rings. The summed E-state index contributed by atoms with van der Waals surface area (Å²) in [5.74, 6) is -0.548. The van der Waals surface area contributed by atoms with Gasteiger partial charge in [-0.3, -0.25) is 0 Å². The number of benzene rings is 3. The van der Waals surface area contributed by atoms with Crippen molar-refractivity contribution in [3.8, 4) is 5.75 Å². The van der Waals surface area contributed by atoms with Gasteiger partial charge in [0.15, 0.2) is 6.61 Å². The minimum absolute atomic E-state index is 0.331. The molecule has 0 saturated heterocycles. The summed E-state index contributed by atoms with van der Waals surface area (Å²) in [5, 5.41) is 11.8. The van der Waals surface area contributed by atoms with Crippen LogP contribution in [-0.4, -0.2) is 43.5 Å². The van der Waals surface area contributed by atoms with Crippen LogP contribution in [0.3, 0.4) is 0 Å². The molecule has 1 N–H and O–H groups in total. The molecule has 0 aliphatic heterocycles. The second kappa shape index (κ2) is 10.2. The van der Waals surface area contributed by atoms with Crippen LogP contribution in [0, 0.1) is 0 Å². The van der Waals surface area contributed by atoms with Crippen LogP contribution >= 0.6 is 0 Å². The molecule has 3 aromatic rings. The molecule has 3 rings (SSSR count). The first-order valence-electron chi connectivity index (χ1n) is 9.99. The fourth-order valence-corrected chi connectivity index (χ4v) is 4.56. The number of likely N-dealkylation sites (N-methyl/N-ethyl adjacent to an activating group) is 1. The number of fused-ring (bicyclic) bond motifs is 1. The van der Waals surface area contributed by atoms with E-state index in [1.807, 2.05) is 61.5 Å². The van der Waals surface area contributed by atoms with Gasteiger partial charge >= 0.3 is 5.97 Å². The number of aliphatic carboxylic acids is 1. The molecule has 0 heterocycles. The van der Waals surface area contributed by atoms with Crippen LogP contribution in [0.25, 0.3) is 16.8 Å². The van der Waals surface area contributed by atoms with Crippen molar-refractivity contribution in [1.82, 2.24) is 4.31 Å². The first-order chi connectivity index (χ1) is 14.9. The van der Waals surface area contributed by atoms with Gasteiger partial charge in [-0.1, -0.05) is 67.6 Å². The van der Waals surface area contributed by atoms with Crippen molar-refractivity contribution in [1.29, 1.82) is 0 Å². The summed E-state index contributed by atoms with van der Waals surface area (Å²) in [7, 11) is -3.56. The molecule has 162 valence electrons. The average molecular weight is 440 g/mol. The van der Waals surface area contributed by atoms with E-state index in [0.717, 1.165) is 21.9 Å². The van der Waals surface area contributed by atoms with Crippen molar-refractivity contribution >= 4 is 32.8 Å². The number of sulfonamides is 1. The summed E-state index contributed by atoms with van der Waals surface area (Å²) in [4.78, 5) is 10.8. The van der Waals surface area contributed by atoms with E-state index in [4.69, 9.17) is 9.84 Å². The predicted octanol–water partition coefficient (Wildman–Crippen LogP) is 4.17. The Morgan fingerprint density at radius 1 is 1.00 bits per heavy atom. The van der Waals surface area contributed by atoms with Gasteiger partial charge in [-0.25, -0.2) is 13.2 Å². The van der Waals surface area contributed by atoms with E-state index in [1.165, 1.54) is 9.71 Å². The third-order valence-corrected chi connectivity index (χ3v) is 6.54. The van der Waals surface area contributed by atoms with Gasteiger partial charge in [-0.05, 0) is 35.1 Å². The quantitative estimate of drug-likeness (QED) is 0.513. The van der Waals surface area contributed by atoms with Crippen molar-refractivity contribution in [2.24, 2.45) is 0 Å². The van der Waals surface area contributed by atoms with Gasteiger partial charge in [0.05, 0.1) is 0 Å². The van der Waals surface area contributed by atoms with E-state index in [-0.39, 0.29) is 0 Å². The van der Waals surface area contributed by atoms with Gasteiger partial charge in [0, 0.05) is 23.9 Å². The molecule has 0 unspecified atom stereocenters. The minimum Gasteiger partial charge on any atom is -0.481 e. The van der Waals surface area contributed by atoms with Crippen LogP contribution in [0.15, 0.2) is 72.1 Å². The standard InChI is InChI=1S/C24H25NO5S/c1-2-25(31(28,29)17-15-19-8-4-3-5-9-19)16-14-20-10-6-12-22-21(20)11-7-13-23(22)30-18-24(26)27/h3-13,15,17H,2,14,16,18H2,1H3,(H,26,27). The maximum absolute atomic E-state index is 12.8. The predicted molar refractivity (Wildman–Crippen MR) is 122 cm³/mol. The molecule has 7 heteroatoms. The second-order valence-electron chi connectivity index (χ2n) is 6.95. The van der Waals surface area contributed by atoms with E-state index in [2.05, 4.69) is 0 Å². The molecule has 0 aromatic heterocycles. The zero-order chi connectivity index (χ0) is 22.3. The van der Waals surface area contributed by atoms with Gasteiger partial charge in [0.25, 0.3) is 0 Å². The van der Waals surface area contributed by atoms with Crippen LogP contribution in [0.2, 0.25) is 0 Å². The van der Waals surface area contributed by atoms with Crippen LogP contribution in [0.1, 0.15) is 18.1 Å². The lowest BCUT2D eigenvalue weighted by atomic mass is 10.0. The van der Waals surface area contributed by atoms with Crippen LogP contribution in [0.5, 0.6) is 5.75 Å². The van der Waals surface area contributed by atoms with Crippen LogP contribution in [-0.2, 0) is 21.2 Å². The smallest absolute Gasteiger partial charge is 0.341 e. The maximum Gasteiger partial charge on any atom is 0.341 e. The zero-order valence-corrected chi connectivity index (χ0v) is 18.1. The number of hydrogen-bond acceptors (Lipinski definition) is 4. The molecule has 0 bridgehead atoms. The Morgan fingerprint density at radius 2 is 1.71 bits per heavy atom. The normalized spacial score (nSPS) is 11.9. The van der Waals surface area contributed by atoms with Gasteiger partial charge in [-0.2, -0.15) is 4.31 Å². The molecule has 0 fully saturated rings. The monoisotopic (exact) mass is 439 g/mol. The van der Waals surface area contributed by atoms with E-state index in [0.29, 0.717) is 25.3 Å². The Bertz CT molecular complexity index is 1170. The van der Waals surface area contributed by atoms with Crippen molar-refractivity contribution in [3.05, 3.63) is 83.3 Å². The third kappa shape index (κ3) is 5.93. The molecule has 0 amide bonds. The fraction of sp³-hybridized carbons (Fsp3) is 0.208. The Labute approximate surface area is 182 Å². The highest BCUT2D eigenvalue weighted by Gasteiger charge is 2.17. The zero-order valence-electron chi connectivity index (χ0n) is 17.3. The molecular formula is C24H25NO5S. The van der Waals surface area contributed by atoms with E-state index in [1.54, 1.807) is 18.2 Å². The number of hydrogen-bond donors (Lipinski definition) is 1. The van der Waals surface area contributed by atoms with E-state index in [9.17, 15) is 13.2 Å². The summed E-state index contributed by atoms with van der Waals surface area (Å²) >= 11 is 0. The Morgan fingerprint density at radius 3 is 2.42 bits per heavy atom. The number of carboxylic acids is 1. The lowest BCUT2D eigenvalue weighted by Gasteiger charge is -2.19. The molecule has 0 spiro atoms. The summed E-state index contributed by atoms with van der Waals surface area (Å²) < 4.78 is 32.4. The fourth-order valence-electron chi connectivity index (χ4n) is 3.35. The number of nitrogens with zero attached hydrogens (tertiary/aromatic N) is 1.